The van der Waals surface area contributed by atoms with Crippen molar-refractivity contribution in [3.63, 3.8) is 0 Å². The van der Waals surface area contributed by atoms with Gasteiger partial charge in [0.15, 0.2) is 0 Å². The molecule has 2 heterocycles. The first-order valence-corrected chi connectivity index (χ1v) is 13.9. The summed E-state index contributed by atoms with van der Waals surface area (Å²) < 4.78 is 11.7. The molecule has 0 radical (unpaired) electrons. The lowest BCUT2D eigenvalue weighted by Gasteiger charge is -2.40. The number of hydrogen-bond acceptors (Lipinski definition) is 5. The summed E-state index contributed by atoms with van der Waals surface area (Å²) in [5.74, 6) is -0.168. The molecule has 0 bridgehead atoms. The van der Waals surface area contributed by atoms with Crippen LogP contribution >= 0.6 is 11.3 Å². The van der Waals surface area contributed by atoms with Crippen LogP contribution in [0.3, 0.4) is 0 Å². The lowest BCUT2D eigenvalue weighted by atomic mass is 9.81. The molecule has 0 aromatic carbocycles. The molecule has 1 amide bonds. The van der Waals surface area contributed by atoms with Crippen molar-refractivity contribution in [2.24, 2.45) is 11.8 Å². The smallest absolute Gasteiger partial charge is 0.348 e. The molecule has 3 aliphatic rings. The molecule has 6 nitrogen and oxygen atoms in total. The average molecular weight is 492 g/mol. The minimum Gasteiger partial charge on any atom is -0.477 e. The van der Waals surface area contributed by atoms with E-state index in [0.717, 1.165) is 69.3 Å². The van der Waals surface area contributed by atoms with Gasteiger partial charge in [-0.15, -0.1) is 11.3 Å². The predicted octanol–water partition coefficient (Wildman–Crippen LogP) is 6.02. The zero-order valence-electron chi connectivity index (χ0n) is 21.2. The van der Waals surface area contributed by atoms with Gasteiger partial charge < -0.3 is 19.5 Å². The maximum Gasteiger partial charge on any atom is 0.348 e. The standard InChI is InChI=1S/C27H41NO5S/c1-17-5-7-18(8-6-17)25(29)28(22-15-23(27(2,3)4)34-24(22)26(30)31)19-9-11-20(12-10-19)33-21-13-14-32-16-21/h15,17-21H,5-14,16H2,1-4H3,(H,30,31)/t17?,18?,19?,20?,21-/m0/s1. The van der Waals surface area contributed by atoms with Crippen LogP contribution < -0.4 is 4.90 Å². The molecule has 1 saturated heterocycles. The quantitative estimate of drug-likeness (QED) is 0.527. The van der Waals surface area contributed by atoms with Crippen molar-refractivity contribution in [2.45, 2.75) is 109 Å². The Morgan fingerprint density at radius 3 is 2.26 bits per heavy atom. The van der Waals surface area contributed by atoms with Crippen LogP contribution in [0, 0.1) is 11.8 Å². The molecule has 4 rings (SSSR count). The van der Waals surface area contributed by atoms with Gasteiger partial charge >= 0.3 is 5.97 Å². The molecule has 1 atom stereocenters. The van der Waals surface area contributed by atoms with Crippen LogP contribution in [-0.4, -0.2) is 48.4 Å². The fourth-order valence-electron chi connectivity index (χ4n) is 5.61. The van der Waals surface area contributed by atoms with E-state index < -0.39 is 5.97 Å². The zero-order valence-corrected chi connectivity index (χ0v) is 22.0. The van der Waals surface area contributed by atoms with E-state index in [9.17, 15) is 14.7 Å². The van der Waals surface area contributed by atoms with Crippen molar-refractivity contribution in [1.82, 2.24) is 0 Å². The minimum atomic E-state index is -0.941. The monoisotopic (exact) mass is 491 g/mol. The molecular weight excluding hydrogens is 450 g/mol. The van der Waals surface area contributed by atoms with E-state index in [1.807, 2.05) is 11.0 Å². The van der Waals surface area contributed by atoms with Crippen LogP contribution in [0.15, 0.2) is 6.07 Å². The normalized spacial score (nSPS) is 30.3. The van der Waals surface area contributed by atoms with Crippen molar-refractivity contribution in [3.05, 3.63) is 15.8 Å². The third kappa shape index (κ3) is 5.85. The van der Waals surface area contributed by atoms with E-state index in [1.54, 1.807) is 0 Å². The Kier molecular flexibility index (Phi) is 8.05. The number of carbonyl (C=O) groups is 2. The molecule has 0 spiro atoms. The average Bonchev–Trinajstić information content (AvgIpc) is 3.46. The highest BCUT2D eigenvalue weighted by Crippen LogP contribution is 2.42. The molecule has 7 heteroatoms. The number of hydrogen-bond donors (Lipinski definition) is 1. The highest BCUT2D eigenvalue weighted by molar-refractivity contribution is 7.14. The van der Waals surface area contributed by atoms with Crippen LogP contribution in [0.4, 0.5) is 5.69 Å². The van der Waals surface area contributed by atoms with Crippen molar-refractivity contribution < 1.29 is 24.2 Å². The number of thiophene rings is 1. The number of amides is 1. The Labute approximate surface area is 208 Å². The number of anilines is 1. The van der Waals surface area contributed by atoms with Gasteiger partial charge in [0.1, 0.15) is 4.88 Å². The van der Waals surface area contributed by atoms with E-state index in [2.05, 4.69) is 27.7 Å². The van der Waals surface area contributed by atoms with Crippen LogP contribution in [0.5, 0.6) is 0 Å². The second-order valence-electron chi connectivity index (χ2n) is 11.6. The molecule has 3 fully saturated rings. The van der Waals surface area contributed by atoms with Gasteiger partial charge in [-0.05, 0) is 75.2 Å². The number of ether oxygens (including phenoxy) is 2. The number of aromatic carboxylic acids is 1. The van der Waals surface area contributed by atoms with Crippen molar-refractivity contribution in [1.29, 1.82) is 0 Å². The third-order valence-corrected chi connectivity index (χ3v) is 9.33. The van der Waals surface area contributed by atoms with Gasteiger partial charge in [-0.25, -0.2) is 4.79 Å². The Bertz CT molecular complexity index is 853. The summed E-state index contributed by atoms with van der Waals surface area (Å²) >= 11 is 1.32. The van der Waals surface area contributed by atoms with Gasteiger partial charge in [-0.2, -0.15) is 0 Å². The zero-order chi connectivity index (χ0) is 24.5. The van der Waals surface area contributed by atoms with Gasteiger partial charge in [0, 0.05) is 23.4 Å². The molecule has 2 saturated carbocycles. The van der Waals surface area contributed by atoms with Crippen LogP contribution in [0.25, 0.3) is 0 Å². The Balaban J connectivity index is 1.58. The van der Waals surface area contributed by atoms with E-state index in [0.29, 0.717) is 23.1 Å². The maximum atomic E-state index is 14.0. The first kappa shape index (κ1) is 25.6. The van der Waals surface area contributed by atoms with Gasteiger partial charge in [-0.3, -0.25) is 4.79 Å². The Morgan fingerprint density at radius 1 is 1.03 bits per heavy atom. The summed E-state index contributed by atoms with van der Waals surface area (Å²) in [6.45, 7) is 9.99. The van der Waals surface area contributed by atoms with Gasteiger partial charge in [-0.1, -0.05) is 27.7 Å². The SMILES string of the molecule is CC1CCC(C(=O)N(c2cc(C(C)(C)C)sc2C(=O)O)C2CCC(O[C@H]3CCOC3)CC2)CC1. The minimum absolute atomic E-state index is 0.0135. The number of carboxylic acid groups (broad SMARTS) is 1. The second kappa shape index (κ2) is 10.7. The largest absolute Gasteiger partial charge is 0.477 e. The summed E-state index contributed by atoms with van der Waals surface area (Å²) in [5.41, 5.74) is 0.441. The number of carbonyl (C=O) groups excluding carboxylic acids is 1. The summed E-state index contributed by atoms with van der Waals surface area (Å²) in [7, 11) is 0. The lowest BCUT2D eigenvalue weighted by Crippen LogP contribution is -2.47. The molecule has 0 unspecified atom stereocenters. The molecular formula is C27H41NO5S. The summed E-state index contributed by atoms with van der Waals surface area (Å²) in [5, 5.41) is 10.1. The van der Waals surface area contributed by atoms with Gasteiger partial charge in [0.25, 0.3) is 0 Å². The molecule has 1 N–H and O–H groups in total. The number of carboxylic acids is 1. The third-order valence-electron chi connectivity index (χ3n) is 7.79. The maximum absolute atomic E-state index is 14.0. The summed E-state index contributed by atoms with van der Waals surface area (Å²) in [6.07, 6.45) is 8.74. The van der Waals surface area contributed by atoms with Crippen molar-refractivity contribution in [2.75, 3.05) is 18.1 Å². The first-order valence-electron chi connectivity index (χ1n) is 13.1. The molecule has 2 aliphatic carbocycles. The number of rotatable bonds is 6. The van der Waals surface area contributed by atoms with Crippen LogP contribution in [0.2, 0.25) is 0 Å². The van der Waals surface area contributed by atoms with E-state index in [-0.39, 0.29) is 35.5 Å². The molecule has 1 aromatic rings. The predicted molar refractivity (Wildman–Crippen MR) is 135 cm³/mol. The van der Waals surface area contributed by atoms with Crippen molar-refractivity contribution >= 4 is 28.9 Å². The van der Waals surface area contributed by atoms with E-state index >= 15 is 0 Å². The Hall–Kier alpha value is -1.44. The number of nitrogens with zero attached hydrogens (tertiary/aromatic N) is 1. The Morgan fingerprint density at radius 2 is 1.71 bits per heavy atom. The highest BCUT2D eigenvalue weighted by atomic mass is 32.1. The first-order chi connectivity index (χ1) is 16.1. The van der Waals surface area contributed by atoms with Gasteiger partial charge in [0.05, 0.1) is 24.5 Å². The second-order valence-corrected chi connectivity index (χ2v) is 12.6. The van der Waals surface area contributed by atoms with E-state index in [4.69, 9.17) is 9.47 Å². The molecule has 190 valence electrons. The van der Waals surface area contributed by atoms with Gasteiger partial charge in [0.2, 0.25) is 5.91 Å². The fourth-order valence-corrected chi connectivity index (χ4v) is 6.66. The van der Waals surface area contributed by atoms with Crippen molar-refractivity contribution in [3.8, 4) is 0 Å². The van der Waals surface area contributed by atoms with Crippen LogP contribution in [0.1, 0.15) is 100 Å². The fraction of sp³-hybridized carbons (Fsp3) is 0.778. The summed E-state index contributed by atoms with van der Waals surface area (Å²) in [4.78, 5) is 29.5. The molecule has 1 aromatic heterocycles. The highest BCUT2D eigenvalue weighted by Gasteiger charge is 2.38. The molecule has 34 heavy (non-hydrogen) atoms. The van der Waals surface area contributed by atoms with E-state index in [1.165, 1.54) is 11.3 Å². The lowest BCUT2D eigenvalue weighted by molar-refractivity contribution is -0.124. The summed E-state index contributed by atoms with van der Waals surface area (Å²) in [6, 6.07) is 2.00. The molecule has 1 aliphatic heterocycles. The topological polar surface area (TPSA) is 76.1 Å². The van der Waals surface area contributed by atoms with Crippen LogP contribution in [-0.2, 0) is 19.7 Å².